The van der Waals surface area contributed by atoms with Crippen molar-refractivity contribution in [2.75, 3.05) is 7.11 Å². The minimum atomic E-state index is -2.59. The van der Waals surface area contributed by atoms with Gasteiger partial charge in [-0.15, -0.1) is 0 Å². The van der Waals surface area contributed by atoms with Crippen molar-refractivity contribution >= 4 is 5.78 Å². The Bertz CT molecular complexity index is 889. The van der Waals surface area contributed by atoms with E-state index in [1.54, 1.807) is 14.0 Å². The van der Waals surface area contributed by atoms with Gasteiger partial charge in [0.25, 0.3) is 0 Å². The van der Waals surface area contributed by atoms with Crippen molar-refractivity contribution in [1.29, 1.82) is 0 Å². The second-order valence-corrected chi connectivity index (χ2v) is 12.5. The highest BCUT2D eigenvalue weighted by Gasteiger charge is 2.64. The molecule has 4 unspecified atom stereocenters. The van der Waals surface area contributed by atoms with E-state index < -0.39 is 77.3 Å². The minimum Gasteiger partial charge on any atom is -0.492 e. The Hall–Kier alpha value is -1.11. The van der Waals surface area contributed by atoms with Crippen LogP contribution in [0.4, 0.5) is 0 Å². The Morgan fingerprint density at radius 2 is 1.64 bits per heavy atom. The number of aliphatic hydroxyl groups is 5. The second-order valence-electron chi connectivity index (χ2n) is 12.5. The van der Waals surface area contributed by atoms with Gasteiger partial charge in [-0.05, 0) is 38.5 Å². The molecule has 0 bridgehead atoms. The third kappa shape index (κ3) is 6.23. The van der Waals surface area contributed by atoms with E-state index in [1.165, 1.54) is 20.8 Å². The molecular weight excluding hydrogens is 508 g/mol. The lowest BCUT2D eigenvalue weighted by atomic mass is 9.72. The molecule has 3 saturated heterocycles. The summed E-state index contributed by atoms with van der Waals surface area (Å²) in [6, 6.07) is 0. The van der Waals surface area contributed by atoms with Crippen LogP contribution in [0.15, 0.2) is 12.3 Å². The minimum absolute atomic E-state index is 0.149. The third-order valence-electron chi connectivity index (χ3n) is 9.66. The summed E-state index contributed by atoms with van der Waals surface area (Å²) in [5.74, 6) is -6.88. The number of hydrogen-bond donors (Lipinski definition) is 5. The maximum Gasteiger partial charge on any atom is 0.200 e. The van der Waals surface area contributed by atoms with Gasteiger partial charge in [0.2, 0.25) is 0 Å². The number of rotatable bonds is 4. The van der Waals surface area contributed by atoms with Gasteiger partial charge in [-0.25, -0.2) is 0 Å². The molecule has 10 nitrogen and oxygen atoms in total. The van der Waals surface area contributed by atoms with Crippen molar-refractivity contribution in [3.63, 3.8) is 0 Å². The van der Waals surface area contributed by atoms with E-state index in [-0.39, 0.29) is 18.3 Å². The molecule has 3 fully saturated rings. The number of aliphatic hydroxyl groups excluding tert-OH is 2. The van der Waals surface area contributed by atoms with Crippen molar-refractivity contribution in [2.45, 2.75) is 128 Å². The highest BCUT2D eigenvalue weighted by atomic mass is 16.8. The number of carbonyl (C=O) groups excluding carboxylic acids is 1. The van der Waals surface area contributed by atoms with Crippen LogP contribution in [0.25, 0.3) is 0 Å². The van der Waals surface area contributed by atoms with E-state index in [4.69, 9.17) is 18.9 Å². The molecule has 0 saturated carbocycles. The zero-order chi connectivity index (χ0) is 29.7. The Kier molecular flexibility index (Phi) is 9.67. The summed E-state index contributed by atoms with van der Waals surface area (Å²) in [6.07, 6.45) is -3.84. The van der Waals surface area contributed by atoms with E-state index in [9.17, 15) is 30.3 Å². The van der Waals surface area contributed by atoms with Gasteiger partial charge in [0, 0.05) is 37.7 Å². The number of hydrogen-bond acceptors (Lipinski definition) is 10. The molecule has 0 spiro atoms. The maximum absolute atomic E-state index is 13.2. The molecule has 3 heterocycles. The fraction of sp³-hybridized carbons (Fsp3) is 0.897. The molecule has 226 valence electrons. The van der Waals surface area contributed by atoms with Crippen LogP contribution >= 0.6 is 0 Å². The van der Waals surface area contributed by atoms with Gasteiger partial charge in [-0.3, -0.25) is 4.79 Å². The molecule has 39 heavy (non-hydrogen) atoms. The molecule has 0 aliphatic carbocycles. The number of Topliss-reactive ketones (excluding diaryl/α,β-unsaturated/α-hetero) is 1. The van der Waals surface area contributed by atoms with E-state index in [0.29, 0.717) is 25.0 Å². The fourth-order valence-corrected chi connectivity index (χ4v) is 6.88. The number of carbonyl (C=O) groups is 1. The van der Waals surface area contributed by atoms with Crippen molar-refractivity contribution in [2.24, 2.45) is 29.6 Å². The van der Waals surface area contributed by atoms with E-state index in [2.05, 4.69) is 6.58 Å². The molecular formula is C29H50O10. The lowest BCUT2D eigenvalue weighted by Crippen LogP contribution is -2.56. The van der Waals surface area contributed by atoms with Crippen LogP contribution in [0.1, 0.15) is 74.1 Å². The normalized spacial score (nSPS) is 49.5. The van der Waals surface area contributed by atoms with Crippen LogP contribution in [-0.4, -0.2) is 92.2 Å². The molecule has 0 aromatic rings. The van der Waals surface area contributed by atoms with Crippen molar-refractivity contribution in [3.05, 3.63) is 12.3 Å². The Labute approximate surface area is 232 Å². The zero-order valence-corrected chi connectivity index (χ0v) is 24.7. The van der Waals surface area contributed by atoms with Crippen molar-refractivity contribution in [1.82, 2.24) is 0 Å². The SMILES string of the molecule is C=C1O[C@H](CC)[C@@](C)(O)[C@H](O)[C@@H](C)C(=O)[C@H](C)CC(O)(O)[C@H](O)[C@@H](C)[C@H](CC2CC3(OC)OC3C(C)O2)[C@H]1C. The third-order valence-corrected chi connectivity index (χ3v) is 9.66. The summed E-state index contributed by atoms with van der Waals surface area (Å²) in [5.41, 5.74) is -1.79. The van der Waals surface area contributed by atoms with Crippen molar-refractivity contribution in [3.8, 4) is 0 Å². The highest BCUT2D eigenvalue weighted by molar-refractivity contribution is 5.83. The zero-order valence-electron chi connectivity index (χ0n) is 24.7. The van der Waals surface area contributed by atoms with E-state index in [1.807, 2.05) is 20.8 Å². The lowest BCUT2D eigenvalue weighted by molar-refractivity contribution is -0.252. The monoisotopic (exact) mass is 558 g/mol. The number of methoxy groups -OCH3 is 1. The number of allylic oxidation sites excluding steroid dienone is 1. The molecule has 10 heteroatoms. The first-order valence-electron chi connectivity index (χ1n) is 14.2. The lowest BCUT2D eigenvalue weighted by Gasteiger charge is -2.44. The molecule has 3 aliphatic rings. The summed E-state index contributed by atoms with van der Waals surface area (Å²) in [7, 11) is 1.60. The predicted molar refractivity (Wildman–Crippen MR) is 142 cm³/mol. The van der Waals surface area contributed by atoms with E-state index in [0.717, 1.165) is 0 Å². The molecule has 0 aromatic carbocycles. The van der Waals surface area contributed by atoms with Crippen LogP contribution in [0.2, 0.25) is 0 Å². The van der Waals surface area contributed by atoms with Crippen LogP contribution in [0.3, 0.4) is 0 Å². The summed E-state index contributed by atoms with van der Waals surface area (Å²) >= 11 is 0. The first-order chi connectivity index (χ1) is 17.9. The first-order valence-corrected chi connectivity index (χ1v) is 14.2. The molecule has 0 amide bonds. The second kappa shape index (κ2) is 11.6. The predicted octanol–water partition coefficient (Wildman–Crippen LogP) is 1.89. The summed E-state index contributed by atoms with van der Waals surface area (Å²) in [6.45, 7) is 15.9. The quantitative estimate of drug-likeness (QED) is 0.255. The summed E-state index contributed by atoms with van der Waals surface area (Å²) in [5, 5.41) is 55.7. The topological polar surface area (TPSA) is 158 Å². The van der Waals surface area contributed by atoms with Crippen LogP contribution in [-0.2, 0) is 23.7 Å². The smallest absolute Gasteiger partial charge is 0.200 e. The molecule has 13 atom stereocenters. The van der Waals surface area contributed by atoms with Gasteiger partial charge in [0.15, 0.2) is 11.6 Å². The fourth-order valence-electron chi connectivity index (χ4n) is 6.88. The van der Waals surface area contributed by atoms with Gasteiger partial charge in [-0.1, -0.05) is 41.2 Å². The van der Waals surface area contributed by atoms with Crippen molar-refractivity contribution < 1.29 is 49.3 Å². The summed E-state index contributed by atoms with van der Waals surface area (Å²) in [4.78, 5) is 13.2. The largest absolute Gasteiger partial charge is 0.492 e. The Morgan fingerprint density at radius 3 is 2.21 bits per heavy atom. The van der Waals surface area contributed by atoms with Gasteiger partial charge in [0.05, 0.1) is 24.1 Å². The van der Waals surface area contributed by atoms with Gasteiger partial charge in [0.1, 0.15) is 29.7 Å². The van der Waals surface area contributed by atoms with Crippen LogP contribution in [0, 0.1) is 29.6 Å². The first kappa shape index (κ1) is 32.4. The van der Waals surface area contributed by atoms with Gasteiger partial charge < -0.3 is 44.5 Å². The number of ketones is 1. The molecule has 3 rings (SSSR count). The summed E-state index contributed by atoms with van der Waals surface area (Å²) < 4.78 is 23.9. The van der Waals surface area contributed by atoms with Gasteiger partial charge >= 0.3 is 0 Å². The standard InChI is InChI=1S/C29H50O10/c1-10-22-27(8,33)24(31)17(5)23(30)14(2)12-28(34,35)25(32)16(4)21(15(3)18(6)38-22)11-20-13-29(36-9)26(39-29)19(7)37-20/h14-17,19-22,24-26,31-35H,6,10-13H2,1-5,7-9H3/t14-,15+,16+,17+,19?,20?,21-,22-,24-,25-,26?,27-,29?/m1/s1. The number of epoxide rings is 1. The molecule has 0 radical (unpaired) electrons. The molecule has 0 aromatic heterocycles. The number of ether oxygens (including phenoxy) is 4. The van der Waals surface area contributed by atoms with E-state index >= 15 is 0 Å². The Morgan fingerprint density at radius 1 is 1.03 bits per heavy atom. The van der Waals surface area contributed by atoms with Gasteiger partial charge in [-0.2, -0.15) is 0 Å². The molecule has 5 N–H and O–H groups in total. The van der Waals surface area contributed by atoms with Crippen LogP contribution in [0.5, 0.6) is 0 Å². The average molecular weight is 559 g/mol. The average Bonchev–Trinajstić information content (AvgIpc) is 3.62. The molecule has 3 aliphatic heterocycles. The van der Waals surface area contributed by atoms with Crippen LogP contribution < -0.4 is 0 Å². The Balaban J connectivity index is 1.98. The highest BCUT2D eigenvalue weighted by Crippen LogP contribution is 2.50. The number of fused-ring (bicyclic) bond motifs is 1. The maximum atomic E-state index is 13.2.